The van der Waals surface area contributed by atoms with Gasteiger partial charge in [0, 0.05) is 5.69 Å². The molecular weight excluding hydrogens is 254 g/mol. The number of carbonyl (C=O) groups excluding carboxylic acids is 2. The fourth-order valence-electron chi connectivity index (χ4n) is 2.15. The number of anilines is 1. The zero-order valence-electron chi connectivity index (χ0n) is 12.5. The van der Waals surface area contributed by atoms with Crippen LogP contribution in [0.2, 0.25) is 0 Å². The fourth-order valence-corrected chi connectivity index (χ4v) is 2.15. The van der Waals surface area contributed by atoms with Gasteiger partial charge in [-0.2, -0.15) is 0 Å². The number of rotatable bonds is 5. The van der Waals surface area contributed by atoms with Crippen LogP contribution in [0.25, 0.3) is 0 Å². The van der Waals surface area contributed by atoms with E-state index in [2.05, 4.69) is 10.6 Å². The second kappa shape index (κ2) is 6.93. The molecule has 0 unspecified atom stereocenters. The maximum atomic E-state index is 12.2. The zero-order valence-corrected chi connectivity index (χ0v) is 12.5. The Bertz CT molecular complexity index is 478. The highest BCUT2D eigenvalue weighted by atomic mass is 16.2. The van der Waals surface area contributed by atoms with Crippen molar-refractivity contribution in [2.45, 2.75) is 40.2 Å². The van der Waals surface area contributed by atoms with E-state index >= 15 is 0 Å². The molecule has 0 saturated carbocycles. The number of benzene rings is 1. The van der Waals surface area contributed by atoms with Crippen molar-refractivity contribution in [1.82, 2.24) is 5.32 Å². The minimum atomic E-state index is -0.689. The van der Waals surface area contributed by atoms with Gasteiger partial charge in [-0.25, -0.2) is 4.79 Å². The summed E-state index contributed by atoms with van der Waals surface area (Å²) in [5.41, 5.74) is 7.99. The van der Waals surface area contributed by atoms with E-state index in [1.165, 1.54) is 0 Å². The summed E-state index contributed by atoms with van der Waals surface area (Å²) in [5, 5.41) is 5.31. The molecule has 1 aromatic carbocycles. The van der Waals surface area contributed by atoms with Gasteiger partial charge in [-0.15, -0.1) is 0 Å². The van der Waals surface area contributed by atoms with Crippen molar-refractivity contribution in [1.29, 1.82) is 0 Å². The summed E-state index contributed by atoms with van der Waals surface area (Å²) in [4.78, 5) is 23.2. The molecule has 3 amide bonds. The first kappa shape index (κ1) is 16.0. The van der Waals surface area contributed by atoms with Crippen LogP contribution in [0.3, 0.4) is 0 Å². The molecular formula is C15H23N3O2. The number of urea groups is 1. The summed E-state index contributed by atoms with van der Waals surface area (Å²) in [6.07, 6.45) is 0.541. The monoisotopic (exact) mass is 277 g/mol. The van der Waals surface area contributed by atoms with Gasteiger partial charge >= 0.3 is 6.03 Å². The van der Waals surface area contributed by atoms with Crippen molar-refractivity contribution in [2.75, 3.05) is 5.32 Å². The molecule has 0 aliphatic heterocycles. The van der Waals surface area contributed by atoms with Crippen molar-refractivity contribution in [3.05, 3.63) is 29.3 Å². The lowest BCUT2D eigenvalue weighted by Crippen LogP contribution is -2.46. The Kier molecular flexibility index (Phi) is 5.55. The summed E-state index contributed by atoms with van der Waals surface area (Å²) < 4.78 is 0. The Hall–Kier alpha value is -2.04. The van der Waals surface area contributed by atoms with Gasteiger partial charge in [0.1, 0.15) is 6.04 Å². The van der Waals surface area contributed by atoms with Crippen LogP contribution in [0.1, 0.15) is 31.4 Å². The third-order valence-electron chi connectivity index (χ3n) is 2.83. The van der Waals surface area contributed by atoms with E-state index in [1.54, 1.807) is 0 Å². The average Bonchev–Trinajstić information content (AvgIpc) is 2.24. The number of hydrogen-bond donors (Lipinski definition) is 3. The second-order valence-electron chi connectivity index (χ2n) is 5.56. The lowest BCUT2D eigenvalue weighted by Gasteiger charge is -2.19. The number of hydrogen-bond acceptors (Lipinski definition) is 2. The fraction of sp³-hybridized carbons (Fsp3) is 0.467. The van der Waals surface area contributed by atoms with Gasteiger partial charge in [-0.05, 0) is 49.4 Å². The molecule has 0 bridgehead atoms. The number of nitrogens with one attached hydrogen (secondary N) is 2. The molecule has 0 aromatic heterocycles. The van der Waals surface area contributed by atoms with Gasteiger partial charge in [0.15, 0.2) is 0 Å². The quantitative estimate of drug-likeness (QED) is 0.771. The van der Waals surface area contributed by atoms with Crippen molar-refractivity contribution < 1.29 is 9.59 Å². The molecule has 4 N–H and O–H groups in total. The van der Waals surface area contributed by atoms with Crippen LogP contribution < -0.4 is 16.4 Å². The topological polar surface area (TPSA) is 84.2 Å². The van der Waals surface area contributed by atoms with Crippen LogP contribution in [0.15, 0.2) is 18.2 Å². The molecule has 0 aliphatic carbocycles. The molecule has 0 aliphatic rings. The number of amides is 3. The van der Waals surface area contributed by atoms with E-state index < -0.39 is 12.1 Å². The highest BCUT2D eigenvalue weighted by Gasteiger charge is 2.21. The molecule has 0 fully saturated rings. The highest BCUT2D eigenvalue weighted by molar-refractivity contribution is 5.97. The predicted octanol–water partition coefficient (Wildman–Crippen LogP) is 2.32. The van der Waals surface area contributed by atoms with E-state index in [-0.39, 0.29) is 11.8 Å². The van der Waals surface area contributed by atoms with Gasteiger partial charge < -0.3 is 16.4 Å². The maximum Gasteiger partial charge on any atom is 0.312 e. The molecule has 0 heterocycles. The van der Waals surface area contributed by atoms with E-state index in [4.69, 9.17) is 5.73 Å². The molecule has 0 spiro atoms. The first-order chi connectivity index (χ1) is 9.27. The minimum absolute atomic E-state index is 0.248. The van der Waals surface area contributed by atoms with Crippen molar-refractivity contribution in [2.24, 2.45) is 11.7 Å². The number of carbonyl (C=O) groups is 2. The highest BCUT2D eigenvalue weighted by Crippen LogP contribution is 2.15. The third-order valence-corrected chi connectivity index (χ3v) is 2.83. The van der Waals surface area contributed by atoms with Crippen molar-refractivity contribution in [3.8, 4) is 0 Å². The van der Waals surface area contributed by atoms with Gasteiger partial charge in [0.2, 0.25) is 5.91 Å². The van der Waals surface area contributed by atoms with E-state index in [0.29, 0.717) is 6.42 Å². The molecule has 5 nitrogen and oxygen atoms in total. The number of nitrogens with two attached hydrogens (primary N) is 1. The van der Waals surface area contributed by atoms with E-state index in [1.807, 2.05) is 45.9 Å². The molecule has 1 aromatic rings. The lowest BCUT2D eigenvalue weighted by atomic mass is 10.0. The van der Waals surface area contributed by atoms with Crippen LogP contribution >= 0.6 is 0 Å². The summed E-state index contributed by atoms with van der Waals surface area (Å²) in [6, 6.07) is 4.51. The summed E-state index contributed by atoms with van der Waals surface area (Å²) in [6.45, 7) is 7.91. The van der Waals surface area contributed by atoms with Gasteiger partial charge in [-0.1, -0.05) is 19.9 Å². The molecule has 110 valence electrons. The van der Waals surface area contributed by atoms with Gasteiger partial charge in [-0.3, -0.25) is 4.79 Å². The largest absolute Gasteiger partial charge is 0.352 e. The van der Waals surface area contributed by atoms with Crippen LogP contribution in [-0.2, 0) is 4.79 Å². The number of primary amides is 1. The average molecular weight is 277 g/mol. The standard InChI is InChI=1S/C15H23N3O2/c1-9(2)5-13(18-15(16)20)14(19)17-12-7-10(3)6-11(4)8-12/h6-9,13H,5H2,1-4H3,(H,17,19)(H3,16,18,20)/t13-/m1/s1. The molecule has 0 radical (unpaired) electrons. The van der Waals surface area contributed by atoms with Crippen LogP contribution in [0.4, 0.5) is 10.5 Å². The molecule has 1 rings (SSSR count). The Balaban J connectivity index is 2.81. The molecule has 5 heteroatoms. The molecule has 0 saturated heterocycles. The molecule has 20 heavy (non-hydrogen) atoms. The Labute approximate surface area is 119 Å². The van der Waals surface area contributed by atoms with E-state index in [9.17, 15) is 9.59 Å². The summed E-state index contributed by atoms with van der Waals surface area (Å²) >= 11 is 0. The van der Waals surface area contributed by atoms with Crippen LogP contribution in [0.5, 0.6) is 0 Å². The van der Waals surface area contributed by atoms with Gasteiger partial charge in [0.05, 0.1) is 0 Å². The first-order valence-corrected chi connectivity index (χ1v) is 6.73. The van der Waals surface area contributed by atoms with Gasteiger partial charge in [0.25, 0.3) is 0 Å². The SMILES string of the molecule is Cc1cc(C)cc(NC(=O)[C@@H](CC(C)C)NC(N)=O)c1. The Morgan fingerprint density at radius 1 is 1.15 bits per heavy atom. The minimum Gasteiger partial charge on any atom is -0.352 e. The Morgan fingerprint density at radius 2 is 1.70 bits per heavy atom. The first-order valence-electron chi connectivity index (χ1n) is 6.73. The Morgan fingerprint density at radius 3 is 2.15 bits per heavy atom. The zero-order chi connectivity index (χ0) is 15.3. The number of aryl methyl sites for hydroxylation is 2. The van der Waals surface area contributed by atoms with E-state index in [0.717, 1.165) is 16.8 Å². The third kappa shape index (κ3) is 5.30. The van der Waals surface area contributed by atoms with Crippen LogP contribution in [-0.4, -0.2) is 18.0 Å². The summed E-state index contributed by atoms with van der Waals surface area (Å²) in [7, 11) is 0. The molecule has 1 atom stereocenters. The van der Waals surface area contributed by atoms with Crippen molar-refractivity contribution >= 4 is 17.6 Å². The van der Waals surface area contributed by atoms with Crippen LogP contribution in [0, 0.1) is 19.8 Å². The lowest BCUT2D eigenvalue weighted by molar-refractivity contribution is -0.118. The smallest absolute Gasteiger partial charge is 0.312 e. The predicted molar refractivity (Wildman–Crippen MR) is 80.5 cm³/mol. The normalized spacial score (nSPS) is 12.1. The second-order valence-corrected chi connectivity index (χ2v) is 5.56. The summed E-state index contributed by atoms with van der Waals surface area (Å²) in [5.74, 6) is 0.0272. The van der Waals surface area contributed by atoms with Crippen molar-refractivity contribution in [3.63, 3.8) is 0 Å². The maximum absolute atomic E-state index is 12.2.